The summed E-state index contributed by atoms with van der Waals surface area (Å²) in [6.07, 6.45) is 0.0791. The van der Waals surface area contributed by atoms with E-state index in [9.17, 15) is 9.90 Å². The molecule has 4 heteroatoms. The largest absolute Gasteiger partial charge is 0.384 e. The minimum Gasteiger partial charge on any atom is -0.384 e. The quantitative estimate of drug-likeness (QED) is 0.678. The van der Waals surface area contributed by atoms with Gasteiger partial charge in [0.2, 0.25) is 0 Å². The summed E-state index contributed by atoms with van der Waals surface area (Å²) < 4.78 is 0. The van der Waals surface area contributed by atoms with Crippen LogP contribution in [0.15, 0.2) is 0 Å². The van der Waals surface area contributed by atoms with Gasteiger partial charge in [0.1, 0.15) is 6.10 Å². The maximum absolute atomic E-state index is 11.6. The molecule has 1 N–H and O–H groups in total. The van der Waals surface area contributed by atoms with E-state index in [2.05, 4.69) is 18.9 Å². The van der Waals surface area contributed by atoms with E-state index in [-0.39, 0.29) is 11.9 Å². The van der Waals surface area contributed by atoms with Gasteiger partial charge in [0, 0.05) is 25.7 Å². The summed E-state index contributed by atoms with van der Waals surface area (Å²) in [5, 5.41) is 9.25. The number of hydrogen-bond acceptors (Lipinski definition) is 3. The van der Waals surface area contributed by atoms with Crippen LogP contribution in [0.3, 0.4) is 0 Å². The van der Waals surface area contributed by atoms with Crippen molar-refractivity contribution in [2.24, 2.45) is 0 Å². The maximum Gasteiger partial charge on any atom is 0.251 e. The van der Waals surface area contributed by atoms with Crippen LogP contribution in [0.2, 0.25) is 0 Å². The topological polar surface area (TPSA) is 43.8 Å². The van der Waals surface area contributed by atoms with Crippen molar-refractivity contribution in [1.29, 1.82) is 0 Å². The van der Waals surface area contributed by atoms with Crippen molar-refractivity contribution >= 4 is 5.91 Å². The van der Waals surface area contributed by atoms with Crippen molar-refractivity contribution in [2.45, 2.75) is 32.4 Å². The van der Waals surface area contributed by atoms with Gasteiger partial charge in [0.05, 0.1) is 0 Å². The Balaban J connectivity index is 2.63. The molecule has 0 unspecified atom stereocenters. The highest BCUT2D eigenvalue weighted by Gasteiger charge is 2.29. The van der Waals surface area contributed by atoms with Crippen molar-refractivity contribution in [3.8, 4) is 0 Å². The molecular formula is C10H20N2O2. The molecule has 1 heterocycles. The van der Waals surface area contributed by atoms with Crippen molar-refractivity contribution in [2.75, 3.05) is 26.7 Å². The summed E-state index contributed by atoms with van der Waals surface area (Å²) in [7, 11) is 2.06. The average Bonchev–Trinajstić information content (AvgIpc) is 2.16. The molecule has 2 atom stereocenters. The molecule has 0 aromatic rings. The Morgan fingerprint density at radius 1 is 1.57 bits per heavy atom. The molecule has 0 aliphatic carbocycles. The first kappa shape index (κ1) is 11.5. The second-order valence-electron chi connectivity index (χ2n) is 4.03. The van der Waals surface area contributed by atoms with Gasteiger partial charge in [-0.05, 0) is 20.4 Å². The van der Waals surface area contributed by atoms with Crippen LogP contribution in [0.5, 0.6) is 0 Å². The zero-order valence-corrected chi connectivity index (χ0v) is 9.23. The molecule has 1 amide bonds. The fraction of sp³-hybridized carbons (Fsp3) is 0.900. The lowest BCUT2D eigenvalue weighted by atomic mass is 10.1. The first-order valence-corrected chi connectivity index (χ1v) is 5.23. The van der Waals surface area contributed by atoms with Crippen LogP contribution in [0.1, 0.15) is 20.3 Å². The maximum atomic E-state index is 11.6. The summed E-state index contributed by atoms with van der Waals surface area (Å²) >= 11 is 0. The zero-order valence-electron chi connectivity index (χ0n) is 9.23. The summed E-state index contributed by atoms with van der Waals surface area (Å²) in [4.78, 5) is 15.7. The average molecular weight is 200 g/mol. The Hall–Kier alpha value is -0.610. The summed E-state index contributed by atoms with van der Waals surface area (Å²) in [6, 6.07) is 0.260. The van der Waals surface area contributed by atoms with Crippen LogP contribution in [-0.2, 0) is 4.79 Å². The fourth-order valence-electron chi connectivity index (χ4n) is 1.89. The van der Waals surface area contributed by atoms with Gasteiger partial charge in [-0.1, -0.05) is 6.92 Å². The molecule has 4 nitrogen and oxygen atoms in total. The van der Waals surface area contributed by atoms with Crippen molar-refractivity contribution in [3.63, 3.8) is 0 Å². The van der Waals surface area contributed by atoms with Crippen LogP contribution in [0.4, 0.5) is 0 Å². The van der Waals surface area contributed by atoms with Gasteiger partial charge >= 0.3 is 0 Å². The van der Waals surface area contributed by atoms with Gasteiger partial charge in [0.15, 0.2) is 0 Å². The van der Waals surface area contributed by atoms with E-state index in [4.69, 9.17) is 0 Å². The summed E-state index contributed by atoms with van der Waals surface area (Å²) in [5.74, 6) is -0.134. The molecule has 0 bridgehead atoms. The van der Waals surface area contributed by atoms with Crippen molar-refractivity contribution in [1.82, 2.24) is 9.80 Å². The number of rotatable bonds is 2. The minimum absolute atomic E-state index is 0.134. The first-order chi connectivity index (χ1) is 6.56. The zero-order chi connectivity index (χ0) is 10.7. The smallest absolute Gasteiger partial charge is 0.251 e. The Kier molecular flexibility index (Phi) is 3.89. The van der Waals surface area contributed by atoms with Gasteiger partial charge in [-0.3, -0.25) is 4.79 Å². The normalized spacial score (nSPS) is 26.3. The minimum atomic E-state index is -0.868. The van der Waals surface area contributed by atoms with E-state index in [1.165, 1.54) is 6.92 Å². The highest BCUT2D eigenvalue weighted by molar-refractivity contribution is 5.80. The Morgan fingerprint density at radius 2 is 2.21 bits per heavy atom. The van der Waals surface area contributed by atoms with Gasteiger partial charge in [-0.15, -0.1) is 0 Å². The summed E-state index contributed by atoms with van der Waals surface area (Å²) in [6.45, 7) is 6.15. The summed E-state index contributed by atoms with van der Waals surface area (Å²) in [5.41, 5.74) is 0. The predicted molar refractivity (Wildman–Crippen MR) is 55.0 cm³/mol. The molecular weight excluding hydrogens is 180 g/mol. The number of aliphatic hydroxyl groups is 1. The van der Waals surface area contributed by atoms with E-state index < -0.39 is 6.10 Å². The Labute approximate surface area is 85.5 Å². The lowest BCUT2D eigenvalue weighted by Gasteiger charge is -2.40. The van der Waals surface area contributed by atoms with Crippen LogP contribution < -0.4 is 0 Å². The lowest BCUT2D eigenvalue weighted by molar-refractivity contribution is -0.144. The van der Waals surface area contributed by atoms with E-state index in [0.717, 1.165) is 26.1 Å². The number of piperazine rings is 1. The number of likely N-dealkylation sites (N-methyl/N-ethyl adjacent to an activating group) is 1. The molecule has 0 radical (unpaired) electrons. The van der Waals surface area contributed by atoms with Crippen LogP contribution in [0, 0.1) is 0 Å². The molecule has 0 spiro atoms. The van der Waals surface area contributed by atoms with Crippen LogP contribution >= 0.6 is 0 Å². The van der Waals surface area contributed by atoms with E-state index in [1.807, 2.05) is 4.90 Å². The predicted octanol–water partition coefficient (Wildman–Crippen LogP) is -0.0802. The number of carbonyl (C=O) groups is 1. The molecule has 82 valence electrons. The van der Waals surface area contributed by atoms with E-state index in [0.29, 0.717) is 0 Å². The molecule has 1 fully saturated rings. The highest BCUT2D eigenvalue weighted by Crippen LogP contribution is 2.12. The first-order valence-electron chi connectivity index (χ1n) is 5.23. The number of aliphatic hydroxyl groups excluding tert-OH is 1. The third-order valence-corrected chi connectivity index (χ3v) is 2.80. The van der Waals surface area contributed by atoms with Crippen molar-refractivity contribution in [3.05, 3.63) is 0 Å². The van der Waals surface area contributed by atoms with Gasteiger partial charge < -0.3 is 14.9 Å². The second kappa shape index (κ2) is 4.75. The number of nitrogens with zero attached hydrogens (tertiary/aromatic N) is 2. The van der Waals surface area contributed by atoms with Crippen LogP contribution in [0.25, 0.3) is 0 Å². The van der Waals surface area contributed by atoms with E-state index in [1.54, 1.807) is 0 Å². The Morgan fingerprint density at radius 3 is 2.71 bits per heavy atom. The molecule has 1 aliphatic rings. The number of amides is 1. The van der Waals surface area contributed by atoms with Gasteiger partial charge in [0.25, 0.3) is 5.91 Å². The van der Waals surface area contributed by atoms with Gasteiger partial charge in [-0.2, -0.15) is 0 Å². The van der Waals surface area contributed by atoms with E-state index >= 15 is 0 Å². The molecule has 1 rings (SSSR count). The van der Waals surface area contributed by atoms with Crippen molar-refractivity contribution < 1.29 is 9.90 Å². The highest BCUT2D eigenvalue weighted by atomic mass is 16.3. The number of carbonyl (C=O) groups excluding carboxylic acids is 1. The molecule has 0 aromatic carbocycles. The SMILES string of the molecule is CC[C@@H]1CN(C)CCN1C(=O)[C@H](C)O. The third kappa shape index (κ3) is 2.45. The van der Waals surface area contributed by atoms with Gasteiger partial charge in [-0.25, -0.2) is 0 Å². The monoisotopic (exact) mass is 200 g/mol. The second-order valence-corrected chi connectivity index (χ2v) is 4.03. The molecule has 0 saturated carbocycles. The van der Waals surface area contributed by atoms with Crippen LogP contribution in [-0.4, -0.2) is 59.6 Å². The standard InChI is InChI=1S/C10H20N2O2/c1-4-9-7-11(3)5-6-12(9)10(14)8(2)13/h8-9,13H,4-7H2,1-3H3/t8-,9+/m0/s1. The fourth-order valence-corrected chi connectivity index (χ4v) is 1.89. The third-order valence-electron chi connectivity index (χ3n) is 2.80. The molecule has 1 aliphatic heterocycles. The number of hydrogen-bond donors (Lipinski definition) is 1. The molecule has 14 heavy (non-hydrogen) atoms. The Bertz CT molecular complexity index is 206. The molecule has 0 aromatic heterocycles. The lowest BCUT2D eigenvalue weighted by Crippen LogP contribution is -2.55. The molecule has 1 saturated heterocycles.